The van der Waals surface area contributed by atoms with Gasteiger partial charge >= 0.3 is 5.97 Å². The molecule has 1 amide bonds. The number of carboxylic acid groups (broad SMARTS) is 1. The number of furan rings is 1. The first-order valence-corrected chi connectivity index (χ1v) is 8.02. The van der Waals surface area contributed by atoms with Crippen LogP contribution in [0.15, 0.2) is 53.2 Å². The van der Waals surface area contributed by atoms with E-state index < -0.39 is 17.9 Å². The quantitative estimate of drug-likeness (QED) is 0.746. The highest BCUT2D eigenvalue weighted by molar-refractivity contribution is 5.95. The topological polar surface area (TPSA) is 109 Å². The van der Waals surface area contributed by atoms with Crippen LogP contribution in [0, 0.1) is 0 Å². The molecule has 2 aromatic heterocycles. The van der Waals surface area contributed by atoms with E-state index in [-0.39, 0.29) is 18.3 Å². The van der Waals surface area contributed by atoms with Crippen LogP contribution < -0.4 is 4.74 Å². The number of imidazole rings is 1. The molecule has 0 fully saturated rings. The number of ether oxygens (including phenoxy) is 1. The summed E-state index contributed by atoms with van der Waals surface area (Å²) in [4.78, 5) is 32.7. The lowest BCUT2D eigenvalue weighted by atomic mass is 10.0. The van der Waals surface area contributed by atoms with E-state index in [0.29, 0.717) is 17.9 Å². The van der Waals surface area contributed by atoms with E-state index >= 15 is 0 Å². The zero-order valence-corrected chi connectivity index (χ0v) is 13.6. The predicted molar refractivity (Wildman–Crippen MR) is 88.9 cm³/mol. The number of para-hydroxylation sites is 1. The average molecular weight is 353 g/mol. The predicted octanol–water partition coefficient (Wildman–Crippen LogP) is 2.62. The Morgan fingerprint density at radius 2 is 2.04 bits per heavy atom. The minimum absolute atomic E-state index is 0.0150. The van der Waals surface area contributed by atoms with Crippen LogP contribution in [0.25, 0.3) is 0 Å². The highest BCUT2D eigenvalue weighted by atomic mass is 16.6. The van der Waals surface area contributed by atoms with Gasteiger partial charge in [0.1, 0.15) is 5.75 Å². The molecule has 1 atom stereocenters. The van der Waals surface area contributed by atoms with Crippen molar-refractivity contribution >= 4 is 11.9 Å². The third kappa shape index (κ3) is 2.81. The maximum absolute atomic E-state index is 12.8. The summed E-state index contributed by atoms with van der Waals surface area (Å²) < 4.78 is 11.0. The van der Waals surface area contributed by atoms with Crippen LogP contribution in [0.1, 0.15) is 28.0 Å². The van der Waals surface area contributed by atoms with Crippen molar-refractivity contribution in [2.75, 3.05) is 6.54 Å². The minimum atomic E-state index is -1.15. The van der Waals surface area contributed by atoms with Gasteiger partial charge in [0.25, 0.3) is 11.9 Å². The number of fused-ring (bicyclic) bond motifs is 1. The van der Waals surface area contributed by atoms with E-state index in [1.165, 1.54) is 23.4 Å². The van der Waals surface area contributed by atoms with Crippen molar-refractivity contribution in [2.24, 2.45) is 0 Å². The second-order valence-corrected chi connectivity index (χ2v) is 5.79. The Bertz CT molecular complexity index is 947. The Morgan fingerprint density at radius 1 is 1.23 bits per heavy atom. The standard InChI is InChI=1S/C18H15N3O5/c22-17(13-6-7-14(26-13)25-11-4-2-1-3-5-11)21-9-8-12-15(20-10-19-12)16(21)18(23)24/h1-7,10,16H,8-9H2,(H,19,20)(H,23,24). The van der Waals surface area contributed by atoms with E-state index in [4.69, 9.17) is 9.15 Å². The number of carboxylic acids is 1. The molecule has 0 saturated heterocycles. The molecule has 1 aromatic carbocycles. The van der Waals surface area contributed by atoms with Crippen LogP contribution in [0.3, 0.4) is 0 Å². The number of hydrogen-bond acceptors (Lipinski definition) is 5. The molecular weight excluding hydrogens is 338 g/mol. The summed E-state index contributed by atoms with van der Waals surface area (Å²) >= 11 is 0. The number of carbonyl (C=O) groups is 2. The average Bonchev–Trinajstić information content (AvgIpc) is 3.30. The summed E-state index contributed by atoms with van der Waals surface area (Å²) in [6.07, 6.45) is 1.94. The molecule has 0 aliphatic carbocycles. The molecule has 1 unspecified atom stereocenters. The molecule has 3 heterocycles. The number of nitrogens with one attached hydrogen (secondary N) is 1. The fourth-order valence-electron chi connectivity index (χ4n) is 2.98. The molecule has 8 nitrogen and oxygen atoms in total. The summed E-state index contributed by atoms with van der Waals surface area (Å²) in [5.74, 6) is -0.916. The monoisotopic (exact) mass is 353 g/mol. The lowest BCUT2D eigenvalue weighted by Gasteiger charge is -2.31. The van der Waals surface area contributed by atoms with Gasteiger partial charge in [-0.15, -0.1) is 0 Å². The van der Waals surface area contributed by atoms with Gasteiger partial charge in [0, 0.05) is 24.7 Å². The van der Waals surface area contributed by atoms with Crippen LogP contribution in [-0.2, 0) is 11.2 Å². The number of rotatable bonds is 4. The molecule has 26 heavy (non-hydrogen) atoms. The third-order valence-corrected chi connectivity index (χ3v) is 4.17. The van der Waals surface area contributed by atoms with Gasteiger partial charge in [-0.25, -0.2) is 9.78 Å². The molecule has 8 heteroatoms. The number of hydrogen-bond donors (Lipinski definition) is 2. The van der Waals surface area contributed by atoms with Crippen LogP contribution in [-0.4, -0.2) is 38.4 Å². The van der Waals surface area contributed by atoms with Crippen molar-refractivity contribution in [1.82, 2.24) is 14.9 Å². The zero-order valence-electron chi connectivity index (χ0n) is 13.6. The summed E-state index contributed by atoms with van der Waals surface area (Å²) in [5, 5.41) is 9.57. The molecule has 132 valence electrons. The molecular formula is C18H15N3O5. The summed E-state index contributed by atoms with van der Waals surface area (Å²) in [5.41, 5.74) is 1.08. The second kappa shape index (κ2) is 6.40. The van der Waals surface area contributed by atoms with Gasteiger partial charge in [0.15, 0.2) is 11.8 Å². The van der Waals surface area contributed by atoms with E-state index in [1.807, 2.05) is 18.2 Å². The van der Waals surface area contributed by atoms with Crippen LogP contribution in [0.5, 0.6) is 11.7 Å². The Morgan fingerprint density at radius 3 is 2.81 bits per heavy atom. The van der Waals surface area contributed by atoms with Crippen LogP contribution >= 0.6 is 0 Å². The van der Waals surface area contributed by atoms with Crippen molar-refractivity contribution in [3.63, 3.8) is 0 Å². The summed E-state index contributed by atoms with van der Waals surface area (Å²) in [6.45, 7) is 0.251. The number of aromatic amines is 1. The first-order chi connectivity index (χ1) is 12.6. The first kappa shape index (κ1) is 15.9. The molecule has 1 aliphatic heterocycles. The van der Waals surface area contributed by atoms with Crippen molar-refractivity contribution in [3.05, 3.63) is 65.9 Å². The minimum Gasteiger partial charge on any atom is -0.479 e. The van der Waals surface area contributed by atoms with Gasteiger partial charge in [-0.2, -0.15) is 0 Å². The fraction of sp³-hybridized carbons (Fsp3) is 0.167. The van der Waals surface area contributed by atoms with Gasteiger partial charge < -0.3 is 24.1 Å². The molecule has 0 saturated carbocycles. The maximum Gasteiger partial charge on any atom is 0.332 e. The Hall–Kier alpha value is -3.55. The van der Waals surface area contributed by atoms with Gasteiger partial charge in [-0.3, -0.25) is 4.79 Å². The highest BCUT2D eigenvalue weighted by Gasteiger charge is 2.39. The number of aliphatic carboxylic acids is 1. The van der Waals surface area contributed by atoms with Crippen LogP contribution in [0.2, 0.25) is 0 Å². The van der Waals surface area contributed by atoms with Crippen molar-refractivity contribution in [3.8, 4) is 11.7 Å². The number of benzene rings is 1. The second-order valence-electron chi connectivity index (χ2n) is 5.79. The van der Waals surface area contributed by atoms with E-state index in [0.717, 1.165) is 5.69 Å². The number of amides is 1. The molecule has 1 aliphatic rings. The Kier molecular flexibility index (Phi) is 3.92. The molecule has 0 spiro atoms. The van der Waals surface area contributed by atoms with Gasteiger partial charge in [0.2, 0.25) is 0 Å². The lowest BCUT2D eigenvalue weighted by molar-refractivity contribution is -0.143. The SMILES string of the molecule is O=C(O)C1c2nc[nH]c2CCN1C(=O)c1ccc(Oc2ccccc2)o1. The highest BCUT2D eigenvalue weighted by Crippen LogP contribution is 2.30. The van der Waals surface area contributed by atoms with Crippen molar-refractivity contribution in [1.29, 1.82) is 0 Å². The zero-order chi connectivity index (χ0) is 18.1. The van der Waals surface area contributed by atoms with Gasteiger partial charge in [-0.05, 0) is 18.2 Å². The number of H-pyrrole nitrogens is 1. The lowest BCUT2D eigenvalue weighted by Crippen LogP contribution is -2.43. The number of nitrogens with zero attached hydrogens (tertiary/aromatic N) is 2. The molecule has 0 bridgehead atoms. The largest absolute Gasteiger partial charge is 0.479 e. The molecule has 2 N–H and O–H groups in total. The molecule has 3 aromatic rings. The Labute approximate surface area is 148 Å². The number of carbonyl (C=O) groups excluding carboxylic acids is 1. The van der Waals surface area contributed by atoms with Gasteiger partial charge in [-0.1, -0.05) is 18.2 Å². The fourth-order valence-corrected chi connectivity index (χ4v) is 2.98. The summed E-state index contributed by atoms with van der Waals surface area (Å²) in [6, 6.07) is 10.9. The van der Waals surface area contributed by atoms with Crippen molar-refractivity contribution in [2.45, 2.75) is 12.5 Å². The summed E-state index contributed by atoms with van der Waals surface area (Å²) in [7, 11) is 0. The normalized spacial score (nSPS) is 16.2. The molecule has 0 radical (unpaired) electrons. The maximum atomic E-state index is 12.8. The van der Waals surface area contributed by atoms with Gasteiger partial charge in [0.05, 0.1) is 12.0 Å². The smallest absolute Gasteiger partial charge is 0.332 e. The van der Waals surface area contributed by atoms with E-state index in [2.05, 4.69) is 9.97 Å². The van der Waals surface area contributed by atoms with Crippen LogP contribution in [0.4, 0.5) is 0 Å². The van der Waals surface area contributed by atoms with E-state index in [9.17, 15) is 14.7 Å². The van der Waals surface area contributed by atoms with Crippen molar-refractivity contribution < 1.29 is 23.8 Å². The van der Waals surface area contributed by atoms with E-state index in [1.54, 1.807) is 12.1 Å². The molecule has 4 rings (SSSR count). The Balaban J connectivity index is 1.57. The third-order valence-electron chi connectivity index (χ3n) is 4.17. The number of aromatic nitrogens is 2. The first-order valence-electron chi connectivity index (χ1n) is 8.02.